The molecule has 0 saturated heterocycles. The van der Waals surface area contributed by atoms with Crippen molar-refractivity contribution in [3.63, 3.8) is 0 Å². The van der Waals surface area contributed by atoms with Gasteiger partial charge >= 0.3 is 6.18 Å². The van der Waals surface area contributed by atoms with Crippen molar-refractivity contribution in [3.8, 4) is 5.82 Å². The van der Waals surface area contributed by atoms with Gasteiger partial charge in [0, 0.05) is 37.1 Å². The van der Waals surface area contributed by atoms with Crippen molar-refractivity contribution in [1.82, 2.24) is 20.1 Å². The molecule has 0 aliphatic heterocycles. The molecule has 0 fully saturated rings. The predicted molar refractivity (Wildman–Crippen MR) is 114 cm³/mol. The van der Waals surface area contributed by atoms with E-state index in [-0.39, 0.29) is 29.9 Å². The van der Waals surface area contributed by atoms with E-state index in [1.54, 1.807) is 12.1 Å². The molecule has 0 aliphatic rings. The van der Waals surface area contributed by atoms with Crippen molar-refractivity contribution in [1.29, 1.82) is 0 Å². The van der Waals surface area contributed by atoms with Crippen LogP contribution in [0.25, 0.3) is 5.82 Å². The van der Waals surface area contributed by atoms with Crippen LogP contribution in [-0.4, -0.2) is 38.7 Å². The average Bonchev–Trinajstić information content (AvgIpc) is 3.22. The summed E-state index contributed by atoms with van der Waals surface area (Å²) in [7, 11) is 0. The minimum atomic E-state index is -4.50. The fourth-order valence-electron chi connectivity index (χ4n) is 3.13. The van der Waals surface area contributed by atoms with Gasteiger partial charge in [-0.3, -0.25) is 14.9 Å². The number of carbonyl (C=O) groups is 1. The zero-order valence-corrected chi connectivity index (χ0v) is 17.8. The second-order valence-corrected chi connectivity index (χ2v) is 7.40. The Balaban J connectivity index is 1.66. The summed E-state index contributed by atoms with van der Waals surface area (Å²) in [6.45, 7) is 4.31. The van der Waals surface area contributed by atoms with Crippen LogP contribution in [0.4, 0.5) is 24.5 Å². The van der Waals surface area contributed by atoms with E-state index in [0.717, 1.165) is 12.3 Å². The number of benzene rings is 1. The molecule has 0 atom stereocenters. The van der Waals surface area contributed by atoms with E-state index in [9.17, 15) is 28.1 Å². The Labute approximate surface area is 186 Å². The highest BCUT2D eigenvalue weighted by Gasteiger charge is 2.31. The van der Waals surface area contributed by atoms with Crippen LogP contribution >= 0.6 is 0 Å². The van der Waals surface area contributed by atoms with E-state index in [0.29, 0.717) is 23.5 Å². The topological polar surface area (TPSA) is 115 Å². The van der Waals surface area contributed by atoms with Crippen molar-refractivity contribution >= 4 is 17.3 Å². The first kappa shape index (κ1) is 23.7. The van der Waals surface area contributed by atoms with Gasteiger partial charge in [-0.25, -0.2) is 9.67 Å². The molecule has 1 amide bonds. The molecule has 2 heterocycles. The maximum Gasteiger partial charge on any atom is 0.417 e. The number of pyridine rings is 1. The summed E-state index contributed by atoms with van der Waals surface area (Å²) in [5, 5.41) is 20.6. The molecule has 174 valence electrons. The minimum Gasteiger partial charge on any atom is -0.383 e. The van der Waals surface area contributed by atoms with Gasteiger partial charge in [-0.05, 0) is 30.2 Å². The number of nitrogens with zero attached hydrogens (tertiary/aromatic N) is 4. The number of non-ortho nitro benzene ring substituents is 1. The number of carbonyl (C=O) groups excluding carboxylic acids is 1. The molecule has 9 nitrogen and oxygen atoms in total. The van der Waals surface area contributed by atoms with Crippen LogP contribution in [0, 0.1) is 10.1 Å². The van der Waals surface area contributed by atoms with Crippen LogP contribution in [0.3, 0.4) is 0 Å². The molecule has 0 radical (unpaired) electrons. The molecule has 0 spiro atoms. The largest absolute Gasteiger partial charge is 0.417 e. The Morgan fingerprint density at radius 3 is 2.36 bits per heavy atom. The smallest absolute Gasteiger partial charge is 0.383 e. The maximum atomic E-state index is 12.8. The van der Waals surface area contributed by atoms with E-state index >= 15 is 0 Å². The van der Waals surface area contributed by atoms with Crippen LogP contribution in [0.1, 0.15) is 41.4 Å². The average molecular weight is 462 g/mol. The maximum absolute atomic E-state index is 12.8. The van der Waals surface area contributed by atoms with Crippen molar-refractivity contribution < 1.29 is 22.9 Å². The first-order chi connectivity index (χ1) is 15.6. The number of alkyl halides is 3. The third-order valence-electron chi connectivity index (χ3n) is 4.71. The normalized spacial score (nSPS) is 11.5. The molecular formula is C21H21F3N6O3. The zero-order valence-electron chi connectivity index (χ0n) is 17.8. The lowest BCUT2D eigenvalue weighted by Gasteiger charge is -2.13. The van der Waals surface area contributed by atoms with Crippen molar-refractivity contribution in [2.24, 2.45) is 0 Å². The van der Waals surface area contributed by atoms with Crippen molar-refractivity contribution in [2.45, 2.75) is 25.9 Å². The monoisotopic (exact) mass is 462 g/mol. The molecule has 33 heavy (non-hydrogen) atoms. The van der Waals surface area contributed by atoms with Gasteiger partial charge in [-0.2, -0.15) is 18.3 Å². The Hall–Kier alpha value is -3.96. The Morgan fingerprint density at radius 2 is 1.82 bits per heavy atom. The highest BCUT2D eigenvalue weighted by molar-refractivity contribution is 5.95. The quantitative estimate of drug-likeness (QED) is 0.295. The molecule has 1 aromatic carbocycles. The fourth-order valence-corrected chi connectivity index (χ4v) is 3.13. The molecule has 0 bridgehead atoms. The van der Waals surface area contributed by atoms with Crippen LogP contribution in [-0.2, 0) is 6.18 Å². The molecule has 3 rings (SSSR count). The highest BCUT2D eigenvalue weighted by atomic mass is 19.4. The van der Waals surface area contributed by atoms with Crippen molar-refractivity contribution in [3.05, 3.63) is 75.7 Å². The summed E-state index contributed by atoms with van der Waals surface area (Å²) in [5.74, 6) is -0.372. The summed E-state index contributed by atoms with van der Waals surface area (Å²) in [4.78, 5) is 26.7. The van der Waals surface area contributed by atoms with Gasteiger partial charge in [-0.1, -0.05) is 13.8 Å². The van der Waals surface area contributed by atoms with Gasteiger partial charge < -0.3 is 10.6 Å². The van der Waals surface area contributed by atoms with E-state index in [4.69, 9.17) is 0 Å². The van der Waals surface area contributed by atoms with Gasteiger partial charge in [0.15, 0.2) is 5.82 Å². The van der Waals surface area contributed by atoms with Crippen LogP contribution in [0.2, 0.25) is 0 Å². The highest BCUT2D eigenvalue weighted by Crippen LogP contribution is 2.29. The van der Waals surface area contributed by atoms with Gasteiger partial charge in [0.25, 0.3) is 11.6 Å². The van der Waals surface area contributed by atoms with Crippen LogP contribution < -0.4 is 10.6 Å². The predicted octanol–water partition coefficient (Wildman–Crippen LogP) is 4.16. The summed E-state index contributed by atoms with van der Waals surface area (Å²) >= 11 is 0. The number of hydrogen-bond acceptors (Lipinski definition) is 6. The zero-order chi connectivity index (χ0) is 24.2. The number of halogens is 3. The van der Waals surface area contributed by atoms with E-state index in [2.05, 4.69) is 20.7 Å². The van der Waals surface area contributed by atoms with Crippen molar-refractivity contribution in [2.75, 3.05) is 18.4 Å². The molecule has 0 saturated carbocycles. The molecule has 2 aromatic heterocycles. The molecule has 0 aliphatic carbocycles. The lowest BCUT2D eigenvalue weighted by atomic mass is 10.1. The van der Waals surface area contributed by atoms with Crippen LogP contribution in [0.15, 0.2) is 48.8 Å². The summed E-state index contributed by atoms with van der Waals surface area (Å²) in [6, 6.07) is 8.00. The van der Waals surface area contributed by atoms with Gasteiger partial charge in [0.05, 0.1) is 27.9 Å². The molecular weight excluding hydrogens is 441 g/mol. The van der Waals surface area contributed by atoms with E-state index < -0.39 is 16.7 Å². The third-order valence-corrected chi connectivity index (χ3v) is 4.71. The number of nitro groups is 1. The number of nitrogens with one attached hydrogen (secondary N) is 2. The van der Waals surface area contributed by atoms with Gasteiger partial charge in [0.2, 0.25) is 0 Å². The molecule has 0 unspecified atom stereocenters. The second-order valence-electron chi connectivity index (χ2n) is 7.40. The fraction of sp³-hybridized carbons (Fsp3) is 0.286. The van der Waals surface area contributed by atoms with E-state index in [1.165, 1.54) is 29.1 Å². The number of nitro benzene ring substituents is 1. The number of amides is 1. The molecule has 12 heteroatoms. The standard InChI is InChI=1S/C21H21F3N6O3/c1-13(2)19-17(12-28-29(19)18-8-3-14(11-27-18)21(22,23)24)20(31)26-10-9-25-15-4-6-16(7-5-15)30(32)33/h3-8,11-13,25H,9-10H2,1-2H3,(H,26,31). The summed E-state index contributed by atoms with van der Waals surface area (Å²) < 4.78 is 39.7. The third kappa shape index (κ3) is 5.64. The SMILES string of the molecule is CC(C)c1c(C(=O)NCCNc2ccc([N+](=O)[O-])cc2)cnn1-c1ccc(C(F)(F)F)cn1. The number of aromatic nitrogens is 3. The van der Waals surface area contributed by atoms with Crippen LogP contribution in [0.5, 0.6) is 0 Å². The minimum absolute atomic E-state index is 0.0189. The van der Waals surface area contributed by atoms with Gasteiger partial charge in [-0.15, -0.1) is 0 Å². The first-order valence-electron chi connectivity index (χ1n) is 9.96. The number of hydrogen-bond donors (Lipinski definition) is 2. The second kappa shape index (κ2) is 9.67. The molecule has 3 aromatic rings. The Morgan fingerprint density at radius 1 is 1.12 bits per heavy atom. The number of rotatable bonds is 8. The molecule has 2 N–H and O–H groups in total. The van der Waals surface area contributed by atoms with E-state index in [1.807, 2.05) is 13.8 Å². The first-order valence-corrected chi connectivity index (χ1v) is 9.96. The number of anilines is 1. The summed E-state index contributed by atoms with van der Waals surface area (Å²) in [6.07, 6.45) is -2.41. The lowest BCUT2D eigenvalue weighted by molar-refractivity contribution is -0.384. The Bertz CT molecular complexity index is 1130. The lowest BCUT2D eigenvalue weighted by Crippen LogP contribution is -2.29. The Kier molecular flexibility index (Phi) is 6.95. The van der Waals surface area contributed by atoms with Gasteiger partial charge in [0.1, 0.15) is 0 Å². The summed E-state index contributed by atoms with van der Waals surface area (Å²) in [5.41, 5.74) is 0.585.